The quantitative estimate of drug-likeness (QED) is 0.519. The molecule has 0 amide bonds. The first kappa shape index (κ1) is 15.1. The number of phenols is 1. The van der Waals surface area contributed by atoms with Crippen LogP contribution in [-0.2, 0) is 9.53 Å². The molecule has 0 radical (unpaired) electrons. The normalized spacial score (nSPS) is 18.3. The highest BCUT2D eigenvalue weighted by Gasteiger charge is 2.27. The van der Waals surface area contributed by atoms with E-state index in [1.807, 2.05) is 4.90 Å². The molecule has 1 aromatic carbocycles. The van der Waals surface area contributed by atoms with Crippen molar-refractivity contribution in [3.05, 3.63) is 28.3 Å². The molecule has 21 heavy (non-hydrogen) atoms. The molecule has 1 aliphatic rings. The lowest BCUT2D eigenvalue weighted by Gasteiger charge is -2.33. The van der Waals surface area contributed by atoms with Gasteiger partial charge in [0.15, 0.2) is 5.75 Å². The van der Waals surface area contributed by atoms with Gasteiger partial charge in [-0.1, -0.05) is 0 Å². The smallest absolute Gasteiger partial charge is 0.310 e. The van der Waals surface area contributed by atoms with Crippen molar-refractivity contribution in [2.45, 2.75) is 19.8 Å². The molecule has 1 fully saturated rings. The van der Waals surface area contributed by atoms with Gasteiger partial charge in [-0.2, -0.15) is 0 Å². The predicted octanol–water partition coefficient (Wildman–Crippen LogP) is 2.08. The molecular formula is C14H18N2O5. The summed E-state index contributed by atoms with van der Waals surface area (Å²) < 4.78 is 5.04. The number of carbonyl (C=O) groups excluding carboxylic acids is 1. The van der Waals surface area contributed by atoms with Crippen LogP contribution in [-0.4, -0.2) is 35.7 Å². The number of nitro groups is 1. The molecule has 114 valence electrons. The third-order valence-electron chi connectivity index (χ3n) is 3.56. The molecule has 0 aromatic heterocycles. The molecule has 0 saturated carbocycles. The number of aromatic hydroxyl groups is 1. The van der Waals surface area contributed by atoms with Crippen molar-refractivity contribution in [1.29, 1.82) is 0 Å². The van der Waals surface area contributed by atoms with E-state index in [0.29, 0.717) is 18.8 Å². The Bertz CT molecular complexity index is 546. The standard InChI is InChI=1S/C14H18N2O5/c1-2-21-14(18)10-4-3-7-15(9-10)11-5-6-12(16(19)20)13(17)8-11/h5-6,8,10,17H,2-4,7,9H2,1H3/t10-/m0/s1. The summed E-state index contributed by atoms with van der Waals surface area (Å²) in [6.07, 6.45) is 1.61. The Kier molecular flexibility index (Phi) is 4.62. The summed E-state index contributed by atoms with van der Waals surface area (Å²) >= 11 is 0. The highest BCUT2D eigenvalue weighted by atomic mass is 16.6. The lowest BCUT2D eigenvalue weighted by Crippen LogP contribution is -2.39. The first-order chi connectivity index (χ1) is 10.0. The third-order valence-corrected chi connectivity index (χ3v) is 3.56. The van der Waals surface area contributed by atoms with Crippen LogP contribution < -0.4 is 4.90 Å². The van der Waals surface area contributed by atoms with Crippen LogP contribution in [0.15, 0.2) is 18.2 Å². The van der Waals surface area contributed by atoms with E-state index in [4.69, 9.17) is 4.74 Å². The van der Waals surface area contributed by atoms with Crippen molar-refractivity contribution < 1.29 is 19.6 Å². The maximum Gasteiger partial charge on any atom is 0.310 e. The number of hydrogen-bond donors (Lipinski definition) is 1. The fourth-order valence-corrected chi connectivity index (χ4v) is 2.53. The van der Waals surface area contributed by atoms with Gasteiger partial charge in [0.1, 0.15) is 0 Å². The number of phenolic OH excluding ortho intramolecular Hbond substituents is 1. The van der Waals surface area contributed by atoms with Gasteiger partial charge in [0.25, 0.3) is 0 Å². The molecule has 0 aliphatic carbocycles. The van der Waals surface area contributed by atoms with Crippen LogP contribution in [0.5, 0.6) is 5.75 Å². The number of piperidine rings is 1. The second-order valence-corrected chi connectivity index (χ2v) is 4.97. The molecule has 1 aliphatic heterocycles. The SMILES string of the molecule is CCOC(=O)[C@H]1CCCN(c2ccc([N+](=O)[O-])c(O)c2)C1. The Labute approximate surface area is 122 Å². The van der Waals surface area contributed by atoms with Crippen molar-refractivity contribution in [1.82, 2.24) is 0 Å². The molecule has 1 N–H and O–H groups in total. The number of nitrogens with zero attached hydrogens (tertiary/aromatic N) is 2. The molecule has 1 atom stereocenters. The minimum atomic E-state index is -0.628. The molecule has 0 spiro atoms. The van der Waals surface area contributed by atoms with Gasteiger partial charge < -0.3 is 14.7 Å². The Hall–Kier alpha value is -2.31. The van der Waals surface area contributed by atoms with E-state index in [2.05, 4.69) is 0 Å². The Balaban J connectivity index is 2.12. The lowest BCUT2D eigenvalue weighted by molar-refractivity contribution is -0.385. The van der Waals surface area contributed by atoms with E-state index >= 15 is 0 Å². The molecule has 1 aromatic rings. The fourth-order valence-electron chi connectivity index (χ4n) is 2.53. The first-order valence-corrected chi connectivity index (χ1v) is 6.92. The second-order valence-electron chi connectivity index (χ2n) is 4.97. The lowest BCUT2D eigenvalue weighted by atomic mass is 9.97. The van der Waals surface area contributed by atoms with Crippen LogP contribution >= 0.6 is 0 Å². The minimum Gasteiger partial charge on any atom is -0.502 e. The van der Waals surface area contributed by atoms with Crippen molar-refractivity contribution in [3.8, 4) is 5.75 Å². The maximum absolute atomic E-state index is 11.8. The highest BCUT2D eigenvalue weighted by Crippen LogP contribution is 2.32. The highest BCUT2D eigenvalue weighted by molar-refractivity contribution is 5.74. The van der Waals surface area contributed by atoms with E-state index in [9.17, 15) is 20.0 Å². The van der Waals surface area contributed by atoms with Gasteiger partial charge in [0, 0.05) is 30.9 Å². The second kappa shape index (κ2) is 6.43. The van der Waals surface area contributed by atoms with Gasteiger partial charge in [-0.15, -0.1) is 0 Å². The van der Waals surface area contributed by atoms with Crippen molar-refractivity contribution in [2.75, 3.05) is 24.6 Å². The molecular weight excluding hydrogens is 276 g/mol. The minimum absolute atomic E-state index is 0.198. The zero-order valence-corrected chi connectivity index (χ0v) is 11.8. The average Bonchev–Trinajstić information content (AvgIpc) is 2.47. The zero-order chi connectivity index (χ0) is 15.4. The van der Waals surface area contributed by atoms with Gasteiger partial charge in [-0.3, -0.25) is 14.9 Å². The largest absolute Gasteiger partial charge is 0.502 e. The van der Waals surface area contributed by atoms with Crippen LogP contribution in [0.25, 0.3) is 0 Å². The Morgan fingerprint density at radius 1 is 1.57 bits per heavy atom. The number of nitro benzene ring substituents is 1. The van der Waals surface area contributed by atoms with Gasteiger partial charge in [0.2, 0.25) is 0 Å². The number of rotatable bonds is 4. The third kappa shape index (κ3) is 3.42. The topological polar surface area (TPSA) is 92.9 Å². The van der Waals surface area contributed by atoms with E-state index < -0.39 is 4.92 Å². The van der Waals surface area contributed by atoms with E-state index in [-0.39, 0.29) is 23.3 Å². The fraction of sp³-hybridized carbons (Fsp3) is 0.500. The molecule has 2 rings (SSSR count). The number of esters is 1. The van der Waals surface area contributed by atoms with E-state index in [0.717, 1.165) is 19.4 Å². The van der Waals surface area contributed by atoms with Crippen molar-refractivity contribution in [3.63, 3.8) is 0 Å². The van der Waals surface area contributed by atoms with Crippen LogP contribution in [0, 0.1) is 16.0 Å². The number of hydrogen-bond acceptors (Lipinski definition) is 6. The summed E-state index contributed by atoms with van der Waals surface area (Å²) in [6.45, 7) is 3.36. The molecule has 0 bridgehead atoms. The van der Waals surface area contributed by atoms with Crippen LogP contribution in [0.1, 0.15) is 19.8 Å². The van der Waals surface area contributed by atoms with Crippen LogP contribution in [0.3, 0.4) is 0 Å². The van der Waals surface area contributed by atoms with E-state index in [1.54, 1.807) is 13.0 Å². The number of anilines is 1. The predicted molar refractivity (Wildman–Crippen MR) is 76.3 cm³/mol. The number of benzene rings is 1. The summed E-state index contributed by atoms with van der Waals surface area (Å²) in [4.78, 5) is 23.8. The molecule has 0 unspecified atom stereocenters. The van der Waals surface area contributed by atoms with Crippen molar-refractivity contribution >= 4 is 17.3 Å². The van der Waals surface area contributed by atoms with Gasteiger partial charge in [0.05, 0.1) is 17.4 Å². The maximum atomic E-state index is 11.8. The monoisotopic (exact) mass is 294 g/mol. The number of carbonyl (C=O) groups is 1. The Morgan fingerprint density at radius 3 is 2.95 bits per heavy atom. The molecule has 1 saturated heterocycles. The van der Waals surface area contributed by atoms with Gasteiger partial charge >= 0.3 is 11.7 Å². The molecule has 7 nitrogen and oxygen atoms in total. The van der Waals surface area contributed by atoms with Crippen molar-refractivity contribution in [2.24, 2.45) is 5.92 Å². The first-order valence-electron chi connectivity index (χ1n) is 6.92. The number of ether oxygens (including phenoxy) is 1. The van der Waals surface area contributed by atoms with Crippen LogP contribution in [0.4, 0.5) is 11.4 Å². The van der Waals surface area contributed by atoms with E-state index in [1.165, 1.54) is 12.1 Å². The average molecular weight is 294 g/mol. The summed E-state index contributed by atoms with van der Waals surface area (Å²) in [5.74, 6) is -0.778. The zero-order valence-electron chi connectivity index (χ0n) is 11.8. The summed E-state index contributed by atoms with van der Waals surface area (Å²) in [6, 6.07) is 4.23. The summed E-state index contributed by atoms with van der Waals surface area (Å²) in [7, 11) is 0. The van der Waals surface area contributed by atoms with Gasteiger partial charge in [-0.25, -0.2) is 0 Å². The summed E-state index contributed by atoms with van der Waals surface area (Å²) in [5, 5.41) is 20.4. The van der Waals surface area contributed by atoms with Crippen LogP contribution in [0.2, 0.25) is 0 Å². The summed E-state index contributed by atoms with van der Waals surface area (Å²) in [5.41, 5.74) is 0.352. The molecule has 1 heterocycles. The molecule has 7 heteroatoms. The Morgan fingerprint density at radius 2 is 2.33 bits per heavy atom. The van der Waals surface area contributed by atoms with Gasteiger partial charge in [-0.05, 0) is 25.8 Å².